The fourth-order valence-electron chi connectivity index (χ4n) is 6.60. The van der Waals surface area contributed by atoms with Gasteiger partial charge in [-0.15, -0.1) is 5.47 Å². The monoisotopic (exact) mass is 424 g/mol. The molecule has 1 aliphatic heterocycles. The minimum atomic E-state index is 0.273. The first-order chi connectivity index (χ1) is 16.3. The van der Waals surface area contributed by atoms with Crippen molar-refractivity contribution in [3.05, 3.63) is 114 Å². The predicted octanol–water partition coefficient (Wildman–Crippen LogP) is 6.67. The van der Waals surface area contributed by atoms with Gasteiger partial charge in [0.05, 0.1) is 17.3 Å². The summed E-state index contributed by atoms with van der Waals surface area (Å²) >= 11 is 0. The standard InChI is InChI=1S/C30H25BN2/c31-20-15-18-28-26(19-20)25-17-16-24-23-13-7-8-14-27(23)32(21-9-3-1-4-10-21)29(24)30(25)33(28)22-11-5-2-6-12-22/h1-17,25-26,28,30H,18-19H2/t25?,26-,28?,30?/m0/s1. The first kappa shape index (κ1) is 19.1. The van der Waals surface area contributed by atoms with Gasteiger partial charge in [0.2, 0.25) is 0 Å². The number of rotatable bonds is 2. The number of aromatic nitrogens is 1. The lowest BCUT2D eigenvalue weighted by Gasteiger charge is -2.36. The van der Waals surface area contributed by atoms with Crippen molar-refractivity contribution in [3.63, 3.8) is 0 Å². The van der Waals surface area contributed by atoms with Crippen LogP contribution in [0.25, 0.3) is 22.7 Å². The summed E-state index contributed by atoms with van der Waals surface area (Å²) in [6, 6.07) is 31.4. The molecule has 4 atom stereocenters. The third-order valence-corrected chi connectivity index (χ3v) is 7.89. The van der Waals surface area contributed by atoms with Crippen LogP contribution >= 0.6 is 0 Å². The van der Waals surface area contributed by atoms with Gasteiger partial charge in [0.25, 0.3) is 0 Å². The molecule has 1 saturated heterocycles. The van der Waals surface area contributed by atoms with Gasteiger partial charge in [-0.3, -0.25) is 0 Å². The molecule has 4 aromatic rings. The van der Waals surface area contributed by atoms with Crippen LogP contribution in [-0.2, 0) is 0 Å². The van der Waals surface area contributed by atoms with Gasteiger partial charge in [0.1, 0.15) is 7.85 Å². The molecule has 1 aromatic heterocycles. The van der Waals surface area contributed by atoms with Crippen LogP contribution < -0.4 is 4.90 Å². The van der Waals surface area contributed by atoms with Gasteiger partial charge < -0.3 is 9.47 Å². The van der Waals surface area contributed by atoms with Crippen molar-refractivity contribution < 1.29 is 0 Å². The molecular formula is C30H25BN2. The van der Waals surface area contributed by atoms with E-state index >= 15 is 0 Å². The molecule has 0 saturated carbocycles. The summed E-state index contributed by atoms with van der Waals surface area (Å²) in [4.78, 5) is 2.71. The number of hydrogen-bond donors (Lipinski definition) is 0. The van der Waals surface area contributed by atoms with E-state index in [1.807, 2.05) is 0 Å². The maximum atomic E-state index is 6.39. The SMILES string of the molecule is [B]C1=CCC2[C@@H](C1)C1C=Cc3c(n(-c4ccccc4)c4ccccc34)C1N2c1ccccc1. The zero-order chi connectivity index (χ0) is 21.9. The van der Waals surface area contributed by atoms with E-state index < -0.39 is 0 Å². The van der Waals surface area contributed by atoms with Crippen LogP contribution in [0.15, 0.2) is 103 Å². The quantitative estimate of drug-likeness (QED) is 0.327. The van der Waals surface area contributed by atoms with Crippen LogP contribution in [0.3, 0.4) is 0 Å². The van der Waals surface area contributed by atoms with Gasteiger partial charge in [-0.2, -0.15) is 0 Å². The molecule has 0 N–H and O–H groups in total. The Hall–Kier alpha value is -3.46. The van der Waals surface area contributed by atoms with Crippen molar-refractivity contribution in [1.82, 2.24) is 4.57 Å². The molecule has 3 heteroatoms. The molecule has 33 heavy (non-hydrogen) atoms. The average molecular weight is 424 g/mol. The van der Waals surface area contributed by atoms with Crippen LogP contribution in [0, 0.1) is 11.8 Å². The summed E-state index contributed by atoms with van der Waals surface area (Å²) < 4.78 is 2.51. The van der Waals surface area contributed by atoms with Gasteiger partial charge in [-0.25, -0.2) is 0 Å². The van der Waals surface area contributed by atoms with Gasteiger partial charge in [-0.1, -0.05) is 72.8 Å². The highest BCUT2D eigenvalue weighted by molar-refractivity contribution is 6.21. The Labute approximate surface area is 196 Å². The molecule has 0 bridgehead atoms. The molecule has 2 nitrogen and oxygen atoms in total. The summed E-state index contributed by atoms with van der Waals surface area (Å²) in [6.07, 6.45) is 9.10. The smallest absolute Gasteiger partial charge is 0.107 e. The number of allylic oxidation sites excluding steroid dienone is 1. The van der Waals surface area contributed by atoms with Crippen LogP contribution in [0.1, 0.15) is 30.1 Å². The van der Waals surface area contributed by atoms with E-state index in [0.29, 0.717) is 17.9 Å². The van der Waals surface area contributed by atoms with E-state index in [1.54, 1.807) is 0 Å². The second-order valence-electron chi connectivity index (χ2n) is 9.56. The highest BCUT2D eigenvalue weighted by Crippen LogP contribution is 2.56. The Morgan fingerprint density at radius 1 is 0.788 bits per heavy atom. The summed E-state index contributed by atoms with van der Waals surface area (Å²) in [5.74, 6) is 0.952. The second kappa shape index (κ2) is 7.28. The minimum absolute atomic E-state index is 0.273. The van der Waals surface area contributed by atoms with Crippen LogP contribution in [0.5, 0.6) is 0 Å². The second-order valence-corrected chi connectivity index (χ2v) is 9.56. The molecule has 0 amide bonds. The highest BCUT2D eigenvalue weighted by atomic mass is 15.3. The molecule has 158 valence electrons. The number of hydrogen-bond acceptors (Lipinski definition) is 1. The third-order valence-electron chi connectivity index (χ3n) is 7.89. The van der Waals surface area contributed by atoms with Gasteiger partial charge in [-0.05, 0) is 49.1 Å². The van der Waals surface area contributed by atoms with Crippen LogP contribution in [-0.4, -0.2) is 18.5 Å². The zero-order valence-corrected chi connectivity index (χ0v) is 18.5. The maximum absolute atomic E-state index is 6.39. The molecule has 3 aromatic carbocycles. The fourth-order valence-corrected chi connectivity index (χ4v) is 6.60. The van der Waals surface area contributed by atoms with Crippen molar-refractivity contribution in [2.75, 3.05) is 4.90 Å². The van der Waals surface area contributed by atoms with Crippen molar-refractivity contribution in [2.45, 2.75) is 24.9 Å². The molecule has 1 fully saturated rings. The molecule has 3 unspecified atom stereocenters. The summed E-state index contributed by atoms with van der Waals surface area (Å²) in [6.45, 7) is 0. The molecule has 3 aliphatic rings. The summed E-state index contributed by atoms with van der Waals surface area (Å²) in [5, 5.41) is 1.33. The third kappa shape index (κ3) is 2.75. The lowest BCUT2D eigenvalue weighted by atomic mass is 9.71. The van der Waals surface area contributed by atoms with Gasteiger partial charge in [0, 0.05) is 34.3 Å². The van der Waals surface area contributed by atoms with Crippen molar-refractivity contribution in [3.8, 4) is 5.69 Å². The Bertz CT molecular complexity index is 1400. The fraction of sp³-hybridized carbons (Fsp3) is 0.200. The van der Waals surface area contributed by atoms with Gasteiger partial charge >= 0.3 is 0 Å². The summed E-state index contributed by atoms with van der Waals surface area (Å²) in [5.41, 5.74) is 7.62. The number of anilines is 1. The lowest BCUT2D eigenvalue weighted by molar-refractivity contribution is 0.387. The first-order valence-electron chi connectivity index (χ1n) is 12.0. The first-order valence-corrected chi connectivity index (χ1v) is 12.0. The van der Waals surface area contributed by atoms with Crippen LogP contribution in [0.2, 0.25) is 0 Å². The zero-order valence-electron chi connectivity index (χ0n) is 18.5. The molecule has 2 aliphatic carbocycles. The number of nitrogens with zero attached hydrogens (tertiary/aromatic N) is 2. The predicted molar refractivity (Wildman–Crippen MR) is 138 cm³/mol. The Balaban J connectivity index is 1.52. The number of fused-ring (bicyclic) bond motifs is 7. The average Bonchev–Trinajstić information content (AvgIpc) is 3.38. The van der Waals surface area contributed by atoms with E-state index in [0.717, 1.165) is 18.3 Å². The van der Waals surface area contributed by atoms with E-state index in [2.05, 4.69) is 113 Å². The van der Waals surface area contributed by atoms with E-state index in [4.69, 9.17) is 7.85 Å². The normalized spacial score (nSPS) is 25.5. The number of benzene rings is 3. The summed E-state index contributed by atoms with van der Waals surface area (Å²) in [7, 11) is 6.39. The Morgan fingerprint density at radius 2 is 1.48 bits per heavy atom. The highest BCUT2D eigenvalue weighted by Gasteiger charge is 2.51. The largest absolute Gasteiger partial charge is 0.359 e. The molecule has 0 spiro atoms. The molecule has 2 heterocycles. The Kier molecular flexibility index (Phi) is 4.20. The number of para-hydroxylation sites is 3. The molecule has 7 rings (SSSR count). The van der Waals surface area contributed by atoms with Crippen molar-refractivity contribution in [1.29, 1.82) is 0 Å². The minimum Gasteiger partial charge on any atom is -0.359 e. The van der Waals surface area contributed by atoms with Crippen molar-refractivity contribution >= 4 is 30.5 Å². The van der Waals surface area contributed by atoms with E-state index in [-0.39, 0.29) is 6.04 Å². The molecular weight excluding hydrogens is 399 g/mol. The van der Waals surface area contributed by atoms with Gasteiger partial charge in [0.15, 0.2) is 0 Å². The Morgan fingerprint density at radius 3 is 2.27 bits per heavy atom. The van der Waals surface area contributed by atoms with E-state index in [9.17, 15) is 0 Å². The lowest BCUT2D eigenvalue weighted by Crippen LogP contribution is -2.36. The maximum Gasteiger partial charge on any atom is 0.107 e. The topological polar surface area (TPSA) is 8.17 Å². The molecule has 2 radical (unpaired) electrons. The van der Waals surface area contributed by atoms with E-state index in [1.165, 1.54) is 33.5 Å². The van der Waals surface area contributed by atoms with Crippen LogP contribution in [0.4, 0.5) is 5.69 Å². The van der Waals surface area contributed by atoms with Crippen molar-refractivity contribution in [2.24, 2.45) is 11.8 Å².